The van der Waals surface area contributed by atoms with Gasteiger partial charge in [0.15, 0.2) is 12.6 Å². The highest BCUT2D eigenvalue weighted by Gasteiger charge is 2.36. The number of benzene rings is 1. The van der Waals surface area contributed by atoms with Crippen LogP contribution in [0.15, 0.2) is 30.3 Å². The number of non-ortho nitro benzene ring substituents is 1. The Morgan fingerprint density at radius 1 is 0.955 bits per heavy atom. The predicted molar refractivity (Wildman–Crippen MR) is 68.9 cm³/mol. The number of hydrogen-bond acceptors (Lipinski definition) is 7. The van der Waals surface area contributed by atoms with Crippen molar-refractivity contribution in [2.24, 2.45) is 0 Å². The molecule has 0 saturated heterocycles. The van der Waals surface area contributed by atoms with Crippen molar-refractivity contribution in [2.75, 3.05) is 0 Å². The molecule has 1 aromatic carbocycles. The van der Waals surface area contributed by atoms with E-state index in [2.05, 4.69) is 0 Å². The molecule has 12 heteroatoms. The highest BCUT2D eigenvalue weighted by molar-refractivity contribution is 5.34. The molecular weight excluding hydrogens is 302 g/mol. The molecule has 0 unspecified atom stereocenters. The third kappa shape index (κ3) is 2.65. The van der Waals surface area contributed by atoms with Crippen LogP contribution in [0.3, 0.4) is 0 Å². The summed E-state index contributed by atoms with van der Waals surface area (Å²) < 4.78 is 0.555. The molecule has 0 atom stereocenters. The normalized spacial score (nSPS) is 10.4. The van der Waals surface area contributed by atoms with Gasteiger partial charge in [0, 0.05) is 22.4 Å². The van der Waals surface area contributed by atoms with Gasteiger partial charge in [0.25, 0.3) is 5.69 Å². The second-order valence-corrected chi connectivity index (χ2v) is 4.13. The Bertz CT molecular complexity index is 767. The minimum Gasteiger partial charge on any atom is -0.574 e. The van der Waals surface area contributed by atoms with Crippen molar-refractivity contribution in [1.29, 1.82) is 0 Å². The highest BCUT2D eigenvalue weighted by Crippen LogP contribution is 2.19. The van der Waals surface area contributed by atoms with Crippen molar-refractivity contribution in [3.8, 4) is 0 Å². The molecule has 0 aliphatic carbocycles. The SMILES string of the molecule is O=[N+]([O-])c1ccc(Cn2c([N+](=O)[O-])cc([N+](=O)[O-])[n+]2[O-])cc1. The van der Waals surface area contributed by atoms with E-state index in [-0.39, 0.29) is 17.1 Å². The van der Waals surface area contributed by atoms with Gasteiger partial charge in [0.05, 0.1) is 9.77 Å². The van der Waals surface area contributed by atoms with Crippen molar-refractivity contribution >= 4 is 17.3 Å². The van der Waals surface area contributed by atoms with Gasteiger partial charge in [0.1, 0.15) is 4.92 Å². The van der Waals surface area contributed by atoms with Crippen LogP contribution >= 0.6 is 0 Å². The van der Waals surface area contributed by atoms with Crippen molar-refractivity contribution < 1.29 is 19.6 Å². The molecule has 0 radical (unpaired) electrons. The van der Waals surface area contributed by atoms with Gasteiger partial charge in [-0.05, 0) is 17.1 Å². The van der Waals surface area contributed by atoms with E-state index in [0.29, 0.717) is 16.3 Å². The molecule has 2 aromatic rings. The molecule has 22 heavy (non-hydrogen) atoms. The maximum absolute atomic E-state index is 11.7. The lowest BCUT2D eigenvalue weighted by Crippen LogP contribution is -2.39. The zero-order chi connectivity index (χ0) is 16.4. The van der Waals surface area contributed by atoms with E-state index in [4.69, 9.17) is 0 Å². The summed E-state index contributed by atoms with van der Waals surface area (Å²) in [6, 6.07) is 5.47. The average molecular weight is 309 g/mol. The van der Waals surface area contributed by atoms with E-state index in [1.807, 2.05) is 0 Å². The predicted octanol–water partition coefficient (Wildman–Crippen LogP) is 0.894. The molecule has 0 bridgehead atoms. The topological polar surface area (TPSA) is 161 Å². The van der Waals surface area contributed by atoms with Crippen LogP contribution in [0.2, 0.25) is 0 Å². The van der Waals surface area contributed by atoms with Crippen molar-refractivity contribution in [3.63, 3.8) is 0 Å². The molecule has 1 aromatic heterocycles. The molecule has 0 amide bonds. The summed E-state index contributed by atoms with van der Waals surface area (Å²) in [7, 11) is 0. The molecule has 114 valence electrons. The number of nitro benzene ring substituents is 1. The smallest absolute Gasteiger partial charge is 0.562 e. The summed E-state index contributed by atoms with van der Waals surface area (Å²) in [4.78, 5) is 29.3. The summed E-state index contributed by atoms with van der Waals surface area (Å²) in [5.74, 6) is -1.73. The monoisotopic (exact) mass is 309 g/mol. The Kier molecular flexibility index (Phi) is 3.66. The molecule has 0 saturated carbocycles. The van der Waals surface area contributed by atoms with E-state index in [1.165, 1.54) is 12.1 Å². The standard InChI is InChI=1S/C10H7N5O7/c16-12-10(15(21)22)5-9(14(19)20)11(12)6-7-1-3-8(4-2-7)13(17)18/h1-5H,6H2. The maximum Gasteiger partial charge on any atom is 0.562 e. The molecule has 2 rings (SSSR count). The van der Waals surface area contributed by atoms with Crippen molar-refractivity contribution in [3.05, 3.63) is 71.4 Å². The van der Waals surface area contributed by atoms with Crippen LogP contribution in [0.5, 0.6) is 0 Å². The van der Waals surface area contributed by atoms with Crippen molar-refractivity contribution in [2.45, 2.75) is 6.54 Å². The molecule has 0 fully saturated rings. The summed E-state index contributed by atoms with van der Waals surface area (Å²) in [6.07, 6.45) is 0. The molecule has 0 aliphatic rings. The lowest BCUT2D eigenvalue weighted by molar-refractivity contribution is -0.734. The first-order valence-corrected chi connectivity index (χ1v) is 5.66. The number of nitro groups is 3. The maximum atomic E-state index is 11.7. The van der Waals surface area contributed by atoms with Crippen LogP contribution in [0.1, 0.15) is 5.56 Å². The Morgan fingerprint density at radius 2 is 1.55 bits per heavy atom. The largest absolute Gasteiger partial charge is 0.574 e. The van der Waals surface area contributed by atoms with Gasteiger partial charge in [-0.15, -0.1) is 0 Å². The molecule has 0 spiro atoms. The first-order chi connectivity index (χ1) is 10.3. The number of nitrogens with zero attached hydrogens (tertiary/aromatic N) is 5. The Labute approximate surface area is 120 Å². The number of rotatable bonds is 5. The van der Waals surface area contributed by atoms with Crippen LogP contribution < -0.4 is 4.85 Å². The quantitative estimate of drug-likeness (QED) is 0.342. The van der Waals surface area contributed by atoms with Crippen LogP contribution in [0, 0.1) is 35.6 Å². The summed E-state index contributed by atoms with van der Waals surface area (Å²) in [6.45, 7) is -0.342. The molecule has 12 nitrogen and oxygen atoms in total. The van der Waals surface area contributed by atoms with E-state index < -0.39 is 26.4 Å². The molecule has 1 heterocycles. The summed E-state index contributed by atoms with van der Waals surface area (Å²) >= 11 is 0. The van der Waals surface area contributed by atoms with Gasteiger partial charge < -0.3 is 15.3 Å². The van der Waals surface area contributed by atoms with E-state index >= 15 is 0 Å². The Morgan fingerprint density at radius 3 is 2.00 bits per heavy atom. The zero-order valence-corrected chi connectivity index (χ0v) is 10.7. The molecule has 0 aliphatic heterocycles. The third-order valence-corrected chi connectivity index (χ3v) is 2.79. The van der Waals surface area contributed by atoms with E-state index in [0.717, 1.165) is 12.1 Å². The fraction of sp³-hybridized carbons (Fsp3) is 0.100. The highest BCUT2D eigenvalue weighted by atomic mass is 16.6. The second kappa shape index (κ2) is 5.43. The fourth-order valence-corrected chi connectivity index (χ4v) is 1.77. The van der Waals surface area contributed by atoms with Gasteiger partial charge in [-0.1, -0.05) is 0 Å². The summed E-state index contributed by atoms with van der Waals surface area (Å²) in [5, 5.41) is 43.8. The minimum absolute atomic E-state index is 0.188. The average Bonchev–Trinajstić information content (AvgIpc) is 2.77. The fourth-order valence-electron chi connectivity index (χ4n) is 1.77. The van der Waals surface area contributed by atoms with Gasteiger partial charge >= 0.3 is 11.6 Å². The van der Waals surface area contributed by atoms with Crippen LogP contribution in [-0.4, -0.2) is 19.5 Å². The van der Waals surface area contributed by atoms with E-state index in [9.17, 15) is 35.6 Å². The lowest BCUT2D eigenvalue weighted by Gasteiger charge is -2.00. The van der Waals surface area contributed by atoms with Crippen LogP contribution in [0.25, 0.3) is 0 Å². The Balaban J connectivity index is 2.42. The minimum atomic E-state index is -1.04. The van der Waals surface area contributed by atoms with Gasteiger partial charge in [-0.25, -0.2) is 0 Å². The Hall–Kier alpha value is -3.57. The first kappa shape index (κ1) is 14.8. The van der Waals surface area contributed by atoms with Crippen molar-refractivity contribution in [1.82, 2.24) is 4.68 Å². The number of aromatic nitrogens is 2. The second-order valence-electron chi connectivity index (χ2n) is 4.13. The van der Waals surface area contributed by atoms with Gasteiger partial charge in [-0.2, -0.15) is 0 Å². The van der Waals surface area contributed by atoms with Crippen LogP contribution in [0.4, 0.5) is 17.3 Å². The van der Waals surface area contributed by atoms with Crippen LogP contribution in [-0.2, 0) is 6.54 Å². The van der Waals surface area contributed by atoms with Gasteiger partial charge in [0.2, 0.25) is 0 Å². The van der Waals surface area contributed by atoms with E-state index in [1.54, 1.807) is 0 Å². The lowest BCUT2D eigenvalue weighted by atomic mass is 10.2. The number of hydrogen-bond donors (Lipinski definition) is 0. The van der Waals surface area contributed by atoms with Gasteiger partial charge in [-0.3, -0.25) is 20.2 Å². The molecule has 0 N–H and O–H groups in total. The summed E-state index contributed by atoms with van der Waals surface area (Å²) in [5.41, 5.74) is 0.149. The zero-order valence-electron chi connectivity index (χ0n) is 10.7. The third-order valence-electron chi connectivity index (χ3n) is 2.79. The first-order valence-electron chi connectivity index (χ1n) is 5.66. The molecular formula is C10H7N5O7.